The van der Waals surface area contributed by atoms with Crippen molar-refractivity contribution in [2.45, 2.75) is 51.8 Å². The smallest absolute Gasteiger partial charge is 0.410 e. The molecule has 2 atom stereocenters. The fraction of sp³-hybridized carbons (Fsp3) is 0.435. The minimum Gasteiger partial charge on any atom is -0.444 e. The second-order valence-electron chi connectivity index (χ2n) is 9.04. The number of anilines is 1. The third kappa shape index (κ3) is 5.57. The van der Waals surface area contributed by atoms with E-state index >= 15 is 0 Å². The van der Waals surface area contributed by atoms with Crippen LogP contribution in [-0.2, 0) is 4.74 Å². The Balaban J connectivity index is 1.47. The van der Waals surface area contributed by atoms with Crippen LogP contribution in [0.25, 0.3) is 10.2 Å². The zero-order chi connectivity index (χ0) is 23.6. The van der Waals surface area contributed by atoms with Gasteiger partial charge in [0.05, 0.1) is 22.0 Å². The molecule has 1 unspecified atom stereocenters. The average Bonchev–Trinajstić information content (AvgIpc) is 3.42. The molecule has 1 aliphatic rings. The van der Waals surface area contributed by atoms with E-state index in [1.807, 2.05) is 57.3 Å². The van der Waals surface area contributed by atoms with Crippen LogP contribution in [0, 0.1) is 0 Å². The third-order valence-corrected chi connectivity index (χ3v) is 6.08. The molecule has 2 amide bonds. The largest absolute Gasteiger partial charge is 0.444 e. The lowest BCUT2D eigenvalue weighted by molar-refractivity contribution is 0.0290. The van der Waals surface area contributed by atoms with Gasteiger partial charge in [-0.15, -0.1) is 11.3 Å². The Morgan fingerprint density at radius 1 is 1.24 bits per heavy atom. The van der Waals surface area contributed by atoms with Crippen LogP contribution >= 0.6 is 11.3 Å². The first kappa shape index (κ1) is 22.9. The molecule has 2 N–H and O–H groups in total. The number of aromatic nitrogens is 3. The predicted octanol–water partition coefficient (Wildman–Crippen LogP) is 4.00. The quantitative estimate of drug-likeness (QED) is 0.582. The Labute approximate surface area is 196 Å². The molecule has 9 nitrogen and oxygen atoms in total. The number of ether oxygens (including phenoxy) is 1. The normalized spacial score (nSPS) is 17.1. The second-order valence-corrected chi connectivity index (χ2v) is 9.95. The molecule has 33 heavy (non-hydrogen) atoms. The number of nitrogens with one attached hydrogen (secondary N) is 2. The predicted molar refractivity (Wildman–Crippen MR) is 127 cm³/mol. The number of likely N-dealkylation sites (tertiary alicyclic amines) is 1. The van der Waals surface area contributed by atoms with Crippen molar-refractivity contribution in [1.29, 1.82) is 0 Å². The Morgan fingerprint density at radius 3 is 2.79 bits per heavy atom. The van der Waals surface area contributed by atoms with E-state index in [-0.39, 0.29) is 24.1 Å². The Morgan fingerprint density at radius 2 is 2.06 bits per heavy atom. The number of rotatable bonds is 5. The van der Waals surface area contributed by atoms with Crippen LogP contribution < -0.4 is 10.6 Å². The van der Waals surface area contributed by atoms with Crippen molar-refractivity contribution in [3.8, 4) is 0 Å². The summed E-state index contributed by atoms with van der Waals surface area (Å²) in [4.78, 5) is 40.5. The standard InChI is InChI=1S/C23H28N6O3S/c1-14(16-7-5-6-10-24-16)25-21-27-17-9-12-33-19(17)18(28-21)20(30)26-15-8-11-29(13-15)22(31)32-23(2,3)4/h5-7,9-10,12,14-15H,8,11,13H2,1-4H3,(H,26,30)(H,25,27,28)/t14-,15?/m0/s1. The van der Waals surface area contributed by atoms with Crippen LogP contribution in [0.5, 0.6) is 0 Å². The highest BCUT2D eigenvalue weighted by Gasteiger charge is 2.31. The second kappa shape index (κ2) is 9.30. The number of thiophene rings is 1. The summed E-state index contributed by atoms with van der Waals surface area (Å²) in [7, 11) is 0. The van der Waals surface area contributed by atoms with Crippen molar-refractivity contribution in [3.63, 3.8) is 0 Å². The molecule has 0 bridgehead atoms. The van der Waals surface area contributed by atoms with Crippen LogP contribution in [0.1, 0.15) is 56.3 Å². The SMILES string of the molecule is C[C@H](Nc1nc(C(=O)NC2CCN(C(=O)OC(C)(C)C)C2)c2sccc2n1)c1ccccn1. The van der Waals surface area contributed by atoms with E-state index in [4.69, 9.17) is 4.74 Å². The van der Waals surface area contributed by atoms with Crippen molar-refractivity contribution in [1.82, 2.24) is 25.2 Å². The van der Waals surface area contributed by atoms with Gasteiger partial charge in [-0.25, -0.2) is 14.8 Å². The summed E-state index contributed by atoms with van der Waals surface area (Å²) in [5.74, 6) is 0.0837. The number of fused-ring (bicyclic) bond motifs is 1. The highest BCUT2D eigenvalue weighted by atomic mass is 32.1. The van der Waals surface area contributed by atoms with Crippen molar-refractivity contribution < 1.29 is 14.3 Å². The van der Waals surface area contributed by atoms with Gasteiger partial charge in [-0.1, -0.05) is 6.07 Å². The van der Waals surface area contributed by atoms with Gasteiger partial charge in [0.25, 0.3) is 5.91 Å². The first-order valence-corrected chi connectivity index (χ1v) is 11.8. The van der Waals surface area contributed by atoms with Gasteiger partial charge >= 0.3 is 6.09 Å². The molecule has 3 aromatic rings. The first-order chi connectivity index (χ1) is 15.7. The van der Waals surface area contributed by atoms with E-state index in [0.717, 1.165) is 10.4 Å². The minimum atomic E-state index is -0.556. The molecule has 1 saturated heterocycles. The van der Waals surface area contributed by atoms with E-state index < -0.39 is 5.60 Å². The van der Waals surface area contributed by atoms with E-state index in [1.165, 1.54) is 11.3 Å². The minimum absolute atomic E-state index is 0.129. The number of carbonyl (C=O) groups excluding carboxylic acids is 2. The van der Waals surface area contributed by atoms with Crippen molar-refractivity contribution in [2.24, 2.45) is 0 Å². The monoisotopic (exact) mass is 468 g/mol. The lowest BCUT2D eigenvalue weighted by atomic mass is 10.2. The fourth-order valence-corrected chi connectivity index (χ4v) is 4.42. The third-order valence-electron chi connectivity index (χ3n) is 5.17. The summed E-state index contributed by atoms with van der Waals surface area (Å²) < 4.78 is 6.17. The van der Waals surface area contributed by atoms with Crippen LogP contribution in [-0.4, -0.2) is 56.6 Å². The van der Waals surface area contributed by atoms with Gasteiger partial charge in [0.15, 0.2) is 5.69 Å². The summed E-state index contributed by atoms with van der Waals surface area (Å²) in [5.41, 5.74) is 1.32. The number of nitrogens with zero attached hydrogens (tertiary/aromatic N) is 4. The zero-order valence-corrected chi connectivity index (χ0v) is 20.0. The van der Waals surface area contributed by atoms with Crippen LogP contribution in [0.2, 0.25) is 0 Å². The first-order valence-electron chi connectivity index (χ1n) is 10.9. The molecule has 4 rings (SSSR count). The molecule has 0 radical (unpaired) electrons. The molecule has 1 aliphatic heterocycles. The maximum atomic E-state index is 13.2. The topological polar surface area (TPSA) is 109 Å². The maximum Gasteiger partial charge on any atom is 0.410 e. The Bertz CT molecular complexity index is 1140. The number of hydrogen-bond acceptors (Lipinski definition) is 8. The maximum absolute atomic E-state index is 13.2. The molecular formula is C23H28N6O3S. The van der Waals surface area contributed by atoms with Crippen molar-refractivity contribution >= 4 is 39.5 Å². The molecule has 1 fully saturated rings. The van der Waals surface area contributed by atoms with Crippen molar-refractivity contribution in [2.75, 3.05) is 18.4 Å². The van der Waals surface area contributed by atoms with Gasteiger partial charge in [-0.05, 0) is 57.7 Å². The summed E-state index contributed by atoms with van der Waals surface area (Å²) >= 11 is 1.43. The van der Waals surface area contributed by atoms with E-state index in [2.05, 4.69) is 25.6 Å². The molecule has 3 aromatic heterocycles. The number of amides is 2. The van der Waals surface area contributed by atoms with E-state index in [9.17, 15) is 9.59 Å². The van der Waals surface area contributed by atoms with Gasteiger partial charge in [0.1, 0.15) is 5.60 Å². The van der Waals surface area contributed by atoms with Gasteiger partial charge in [-0.2, -0.15) is 0 Å². The average molecular weight is 469 g/mol. The zero-order valence-electron chi connectivity index (χ0n) is 19.2. The fourth-order valence-electron chi connectivity index (χ4n) is 3.61. The van der Waals surface area contributed by atoms with Crippen LogP contribution in [0.4, 0.5) is 10.7 Å². The molecule has 174 valence electrons. The van der Waals surface area contributed by atoms with Crippen LogP contribution in [0.3, 0.4) is 0 Å². The molecule has 10 heteroatoms. The Hall–Kier alpha value is -3.27. The molecular weight excluding hydrogens is 440 g/mol. The molecule has 0 aromatic carbocycles. The van der Waals surface area contributed by atoms with Gasteiger partial charge in [-0.3, -0.25) is 9.78 Å². The summed E-state index contributed by atoms with van der Waals surface area (Å²) in [6.45, 7) is 8.41. The van der Waals surface area contributed by atoms with Gasteiger partial charge in [0, 0.05) is 25.3 Å². The number of pyridine rings is 1. The highest BCUT2D eigenvalue weighted by Crippen LogP contribution is 2.25. The highest BCUT2D eigenvalue weighted by molar-refractivity contribution is 7.17. The molecule has 0 aliphatic carbocycles. The lowest BCUT2D eigenvalue weighted by Crippen LogP contribution is -2.40. The summed E-state index contributed by atoms with van der Waals surface area (Å²) in [5, 5.41) is 8.16. The molecule has 0 spiro atoms. The van der Waals surface area contributed by atoms with Crippen molar-refractivity contribution in [3.05, 3.63) is 47.2 Å². The molecule has 4 heterocycles. The molecule has 0 saturated carbocycles. The van der Waals surface area contributed by atoms with Gasteiger partial charge < -0.3 is 20.3 Å². The van der Waals surface area contributed by atoms with E-state index in [1.54, 1.807) is 11.1 Å². The van der Waals surface area contributed by atoms with Crippen LogP contribution in [0.15, 0.2) is 35.8 Å². The Kier molecular flexibility index (Phi) is 6.46. The van der Waals surface area contributed by atoms with Gasteiger partial charge in [0.2, 0.25) is 5.95 Å². The summed E-state index contributed by atoms with van der Waals surface area (Å²) in [6, 6.07) is 7.28. The lowest BCUT2D eigenvalue weighted by Gasteiger charge is -2.24. The summed E-state index contributed by atoms with van der Waals surface area (Å²) in [6.07, 6.45) is 2.03. The van der Waals surface area contributed by atoms with E-state index in [0.29, 0.717) is 36.7 Å². The number of carbonyl (C=O) groups is 2. The number of hydrogen-bond donors (Lipinski definition) is 2.